The van der Waals surface area contributed by atoms with Crippen molar-refractivity contribution < 1.29 is 46.3 Å². The van der Waals surface area contributed by atoms with Gasteiger partial charge in [-0.2, -0.15) is 13.2 Å². The van der Waals surface area contributed by atoms with Gasteiger partial charge in [0.25, 0.3) is 0 Å². The van der Waals surface area contributed by atoms with Gasteiger partial charge >= 0.3 is 25.5 Å². The van der Waals surface area contributed by atoms with Crippen LogP contribution in [0.25, 0.3) is 0 Å². The number of hydrogen-bond acceptors (Lipinski definition) is 8. The van der Waals surface area contributed by atoms with Crippen LogP contribution in [-0.2, 0) is 31.4 Å². The Morgan fingerprint density at radius 3 is 2.20 bits per heavy atom. The maximum atomic E-state index is 13.4. The lowest BCUT2D eigenvalue weighted by molar-refractivity contribution is -0.137. The molecule has 1 aliphatic rings. The number of ether oxygens (including phenoxy) is 3. The molecule has 0 bridgehead atoms. The molecule has 1 aromatic heterocycles. The fraction of sp³-hybridized carbons (Fsp3) is 0.567. The predicted molar refractivity (Wildman–Crippen MR) is 164 cm³/mol. The SMILES string of the molecule is CC1(C)COB(c2cc(OC[C@H](Cc3cccc(C(F)(F)F)c3)NC(=O)OC(C)(C)C)c(NC(=O)OC(C)(C)C)nc2Cl)OC1. The number of pyridine rings is 1. The van der Waals surface area contributed by atoms with Crippen LogP contribution in [0.2, 0.25) is 5.15 Å². The normalized spacial score (nSPS) is 16.0. The average Bonchev–Trinajstić information content (AvgIpc) is 2.86. The van der Waals surface area contributed by atoms with E-state index in [1.807, 2.05) is 13.8 Å². The summed E-state index contributed by atoms with van der Waals surface area (Å²) in [5, 5.41) is 5.16. The first-order chi connectivity index (χ1) is 20.6. The monoisotopic (exact) mass is 657 g/mol. The Kier molecular flexibility index (Phi) is 11.3. The molecule has 2 N–H and O–H groups in total. The van der Waals surface area contributed by atoms with E-state index in [1.165, 1.54) is 18.2 Å². The number of carbonyl (C=O) groups is 2. The molecule has 1 saturated heterocycles. The number of halogens is 4. The minimum Gasteiger partial charge on any atom is -0.488 e. The molecule has 45 heavy (non-hydrogen) atoms. The van der Waals surface area contributed by atoms with Gasteiger partial charge in [-0.3, -0.25) is 5.32 Å². The lowest BCUT2D eigenvalue weighted by Gasteiger charge is -2.33. The first-order valence-electron chi connectivity index (χ1n) is 14.3. The second-order valence-electron chi connectivity index (χ2n) is 13.5. The molecular weight excluding hydrogens is 618 g/mol. The van der Waals surface area contributed by atoms with Gasteiger partial charge in [0, 0.05) is 24.1 Å². The first-order valence-corrected chi connectivity index (χ1v) is 14.7. The smallest absolute Gasteiger partial charge is 0.488 e. The minimum atomic E-state index is -4.55. The van der Waals surface area contributed by atoms with Crippen LogP contribution in [0.1, 0.15) is 66.5 Å². The van der Waals surface area contributed by atoms with Crippen LogP contribution in [0.4, 0.5) is 28.6 Å². The van der Waals surface area contributed by atoms with Crippen molar-refractivity contribution in [2.75, 3.05) is 25.1 Å². The number of alkyl halides is 3. The second kappa shape index (κ2) is 14.0. The van der Waals surface area contributed by atoms with Crippen molar-refractivity contribution in [3.05, 3.63) is 46.6 Å². The van der Waals surface area contributed by atoms with E-state index in [4.69, 9.17) is 35.1 Å². The molecule has 1 aliphatic heterocycles. The van der Waals surface area contributed by atoms with Crippen molar-refractivity contribution in [1.29, 1.82) is 0 Å². The Morgan fingerprint density at radius 2 is 1.62 bits per heavy atom. The second-order valence-corrected chi connectivity index (χ2v) is 13.9. The molecule has 0 radical (unpaired) electrons. The number of aromatic nitrogens is 1. The maximum Gasteiger partial charge on any atom is 0.497 e. The Morgan fingerprint density at radius 1 is 1.02 bits per heavy atom. The number of anilines is 1. The van der Waals surface area contributed by atoms with Crippen molar-refractivity contribution in [3.63, 3.8) is 0 Å². The summed E-state index contributed by atoms with van der Waals surface area (Å²) < 4.78 is 68.7. The number of hydrogen-bond donors (Lipinski definition) is 2. The molecule has 0 unspecified atom stereocenters. The zero-order valence-corrected chi connectivity index (χ0v) is 27.4. The van der Waals surface area contributed by atoms with E-state index in [-0.39, 0.29) is 35.2 Å². The van der Waals surface area contributed by atoms with E-state index in [2.05, 4.69) is 15.6 Å². The third-order valence-electron chi connectivity index (χ3n) is 5.99. The summed E-state index contributed by atoms with van der Waals surface area (Å²) in [5.41, 5.74) is -2.09. The van der Waals surface area contributed by atoms with Crippen LogP contribution < -0.4 is 20.8 Å². The molecule has 3 rings (SSSR count). The van der Waals surface area contributed by atoms with Crippen molar-refractivity contribution in [3.8, 4) is 5.75 Å². The fourth-order valence-corrected chi connectivity index (χ4v) is 4.33. The van der Waals surface area contributed by atoms with Crippen LogP contribution in [-0.4, -0.2) is 61.4 Å². The summed E-state index contributed by atoms with van der Waals surface area (Å²) in [5.74, 6) is -0.0680. The lowest BCUT2D eigenvalue weighted by atomic mass is 9.76. The Labute approximate surface area is 266 Å². The highest BCUT2D eigenvalue weighted by atomic mass is 35.5. The zero-order chi connectivity index (χ0) is 33.8. The standard InChI is InChI=1S/C30H40BClF3N3O7/c1-27(2,3)44-25(39)36-20(13-18-10-9-11-19(12-18)30(33,34)35)15-41-22-14-21(31-42-16-29(7,8)17-43-31)23(32)37-24(22)38-26(40)45-28(4,5)6/h9-12,14,20H,13,15-17H2,1-8H3,(H,36,39)(H,37,38,40)/t20-/m0/s1. The predicted octanol–water partition coefficient (Wildman–Crippen LogP) is 6.38. The van der Waals surface area contributed by atoms with E-state index in [1.54, 1.807) is 41.5 Å². The fourth-order valence-electron chi connectivity index (χ4n) is 4.10. The van der Waals surface area contributed by atoms with E-state index >= 15 is 0 Å². The van der Waals surface area contributed by atoms with Gasteiger partial charge in [0.1, 0.15) is 23.0 Å². The molecule has 0 saturated carbocycles. The highest BCUT2D eigenvalue weighted by Crippen LogP contribution is 2.31. The molecule has 2 heterocycles. The number of carbonyl (C=O) groups excluding carboxylic acids is 2. The summed E-state index contributed by atoms with van der Waals surface area (Å²) in [7, 11) is -0.878. The highest BCUT2D eigenvalue weighted by molar-refractivity contribution is 6.65. The van der Waals surface area contributed by atoms with Crippen molar-refractivity contribution in [2.45, 2.75) is 85.2 Å². The summed E-state index contributed by atoms with van der Waals surface area (Å²) in [6.07, 6.45) is -6.22. The quantitative estimate of drug-likeness (QED) is 0.248. The van der Waals surface area contributed by atoms with Crippen LogP contribution in [0, 0.1) is 5.41 Å². The van der Waals surface area contributed by atoms with Gasteiger partial charge in [0.05, 0.1) is 11.6 Å². The van der Waals surface area contributed by atoms with Gasteiger partial charge < -0.3 is 28.8 Å². The van der Waals surface area contributed by atoms with Crippen LogP contribution in [0.15, 0.2) is 30.3 Å². The first kappa shape index (κ1) is 36.2. The molecule has 248 valence electrons. The average molecular weight is 658 g/mol. The van der Waals surface area contributed by atoms with Crippen LogP contribution in [0.5, 0.6) is 5.75 Å². The van der Waals surface area contributed by atoms with E-state index in [0.29, 0.717) is 24.2 Å². The maximum absolute atomic E-state index is 13.4. The van der Waals surface area contributed by atoms with Crippen LogP contribution >= 0.6 is 11.6 Å². The molecule has 0 aliphatic carbocycles. The Hall–Kier alpha value is -3.23. The van der Waals surface area contributed by atoms with Gasteiger partial charge in [-0.05, 0) is 65.7 Å². The molecule has 1 fully saturated rings. The number of benzene rings is 1. The largest absolute Gasteiger partial charge is 0.497 e. The Bertz CT molecular complexity index is 1350. The van der Waals surface area contributed by atoms with Crippen molar-refractivity contribution >= 4 is 42.2 Å². The number of alkyl carbamates (subject to hydrolysis) is 1. The van der Waals surface area contributed by atoms with Crippen molar-refractivity contribution in [1.82, 2.24) is 10.3 Å². The van der Waals surface area contributed by atoms with Gasteiger partial charge in [-0.1, -0.05) is 43.6 Å². The molecule has 2 amide bonds. The molecule has 1 aromatic carbocycles. The van der Waals surface area contributed by atoms with Gasteiger partial charge in [-0.15, -0.1) is 0 Å². The highest BCUT2D eigenvalue weighted by Gasteiger charge is 2.36. The molecule has 1 atom stereocenters. The number of nitrogens with one attached hydrogen (secondary N) is 2. The van der Waals surface area contributed by atoms with Gasteiger partial charge in [-0.25, -0.2) is 14.6 Å². The minimum absolute atomic E-state index is 0.0227. The Balaban J connectivity index is 1.93. The molecule has 0 spiro atoms. The molecule has 10 nitrogen and oxygen atoms in total. The van der Waals surface area contributed by atoms with Crippen molar-refractivity contribution in [2.24, 2.45) is 5.41 Å². The lowest BCUT2D eigenvalue weighted by Crippen LogP contribution is -2.48. The summed E-state index contributed by atoms with van der Waals surface area (Å²) in [4.78, 5) is 29.6. The molecule has 15 heteroatoms. The van der Waals surface area contributed by atoms with E-state index in [0.717, 1.165) is 12.1 Å². The summed E-state index contributed by atoms with van der Waals surface area (Å²) >= 11 is 6.49. The molecule has 2 aromatic rings. The topological polar surface area (TPSA) is 117 Å². The van der Waals surface area contributed by atoms with E-state index in [9.17, 15) is 22.8 Å². The third-order valence-corrected chi connectivity index (χ3v) is 6.29. The summed E-state index contributed by atoms with van der Waals surface area (Å²) in [6.45, 7) is 14.5. The van der Waals surface area contributed by atoms with E-state index < -0.39 is 48.3 Å². The van der Waals surface area contributed by atoms with Crippen LogP contribution in [0.3, 0.4) is 0 Å². The zero-order valence-electron chi connectivity index (χ0n) is 26.7. The number of nitrogens with zero attached hydrogens (tertiary/aromatic N) is 1. The summed E-state index contributed by atoms with van der Waals surface area (Å²) in [6, 6.07) is 5.37. The molecular formula is C30H40BClF3N3O7. The van der Waals surface area contributed by atoms with Gasteiger partial charge in [0.15, 0.2) is 11.6 Å². The van der Waals surface area contributed by atoms with Gasteiger partial charge in [0.2, 0.25) is 0 Å². The third kappa shape index (κ3) is 11.9. The number of rotatable bonds is 8. The number of amides is 2.